The van der Waals surface area contributed by atoms with Gasteiger partial charge in [0.1, 0.15) is 0 Å². The van der Waals surface area contributed by atoms with E-state index in [1.807, 2.05) is 96.4 Å². The molecule has 5 rings (SSSR count). The van der Waals surface area contributed by atoms with Crippen molar-refractivity contribution in [2.45, 2.75) is 11.2 Å². The molecule has 5 nitrogen and oxygen atoms in total. The van der Waals surface area contributed by atoms with Crippen LogP contribution in [-0.2, 0) is 4.79 Å². The Hall–Kier alpha value is -3.68. The van der Waals surface area contributed by atoms with E-state index in [-0.39, 0.29) is 23.3 Å². The summed E-state index contributed by atoms with van der Waals surface area (Å²) in [5.74, 6) is 0.000969. The van der Waals surface area contributed by atoms with Gasteiger partial charge < -0.3 is 5.32 Å². The number of rotatable bonds is 7. The van der Waals surface area contributed by atoms with Crippen molar-refractivity contribution in [2.75, 3.05) is 5.75 Å². The summed E-state index contributed by atoms with van der Waals surface area (Å²) in [6.45, 7) is 0. The molecule has 0 aliphatic heterocycles. The highest BCUT2D eigenvalue weighted by Gasteiger charge is 2.19. The van der Waals surface area contributed by atoms with Gasteiger partial charge in [0, 0.05) is 4.88 Å². The summed E-state index contributed by atoms with van der Waals surface area (Å²) in [6.07, 6.45) is 0. The molecular formula is C27H21N3O2S2. The Bertz CT molecular complexity index is 1470. The van der Waals surface area contributed by atoms with Crippen LogP contribution in [-0.4, -0.2) is 21.2 Å². The number of carbonyl (C=O) groups excluding carboxylic acids is 1. The van der Waals surface area contributed by atoms with E-state index in [0.29, 0.717) is 16.1 Å². The van der Waals surface area contributed by atoms with Gasteiger partial charge in [0.2, 0.25) is 5.91 Å². The second-order valence-corrected chi connectivity index (χ2v) is 9.52. The second-order valence-electron chi connectivity index (χ2n) is 7.60. The van der Waals surface area contributed by atoms with Crippen molar-refractivity contribution in [1.82, 2.24) is 14.9 Å². The van der Waals surface area contributed by atoms with E-state index >= 15 is 0 Å². The predicted octanol–water partition coefficient (Wildman–Crippen LogP) is 5.45. The van der Waals surface area contributed by atoms with E-state index < -0.39 is 0 Å². The molecule has 34 heavy (non-hydrogen) atoms. The lowest BCUT2D eigenvalue weighted by molar-refractivity contribution is -0.119. The van der Waals surface area contributed by atoms with Crippen LogP contribution in [0, 0.1) is 0 Å². The van der Waals surface area contributed by atoms with Gasteiger partial charge in [-0.25, -0.2) is 4.98 Å². The first-order valence-electron chi connectivity index (χ1n) is 10.8. The quantitative estimate of drug-likeness (QED) is 0.247. The number of amides is 1. The number of para-hydroxylation sites is 2. The number of aromatic nitrogens is 2. The zero-order chi connectivity index (χ0) is 23.3. The van der Waals surface area contributed by atoms with Crippen molar-refractivity contribution in [1.29, 1.82) is 0 Å². The molecular weight excluding hydrogens is 462 g/mol. The van der Waals surface area contributed by atoms with Gasteiger partial charge in [0.15, 0.2) is 5.16 Å². The number of nitrogens with zero attached hydrogens (tertiary/aromatic N) is 2. The third kappa shape index (κ3) is 4.66. The highest BCUT2D eigenvalue weighted by molar-refractivity contribution is 7.99. The Balaban J connectivity index is 1.43. The lowest BCUT2D eigenvalue weighted by atomic mass is 10.1. The summed E-state index contributed by atoms with van der Waals surface area (Å²) in [7, 11) is 0. The number of fused-ring (bicyclic) bond motifs is 1. The van der Waals surface area contributed by atoms with Crippen molar-refractivity contribution >= 4 is 39.9 Å². The maximum atomic E-state index is 13.3. The van der Waals surface area contributed by atoms with Crippen LogP contribution < -0.4 is 10.9 Å². The van der Waals surface area contributed by atoms with Crippen molar-refractivity contribution in [3.05, 3.63) is 123 Å². The van der Waals surface area contributed by atoms with Crippen LogP contribution in [0.3, 0.4) is 0 Å². The number of benzene rings is 3. The lowest BCUT2D eigenvalue weighted by Gasteiger charge is -2.18. The molecule has 7 heteroatoms. The molecule has 0 aliphatic carbocycles. The Morgan fingerprint density at radius 2 is 1.62 bits per heavy atom. The fourth-order valence-corrected chi connectivity index (χ4v) is 5.39. The minimum atomic E-state index is -0.227. The number of thioether (sulfide) groups is 1. The molecule has 3 aromatic carbocycles. The average Bonchev–Trinajstić information content (AvgIpc) is 3.42. The van der Waals surface area contributed by atoms with Gasteiger partial charge in [0.25, 0.3) is 5.56 Å². The molecule has 5 aromatic rings. The number of hydrogen-bond donors (Lipinski definition) is 1. The summed E-state index contributed by atoms with van der Waals surface area (Å²) >= 11 is 2.86. The van der Waals surface area contributed by atoms with Crippen LogP contribution >= 0.6 is 23.1 Å². The number of carbonyl (C=O) groups is 1. The van der Waals surface area contributed by atoms with Crippen LogP contribution in [0.2, 0.25) is 0 Å². The normalized spacial score (nSPS) is 11.9. The van der Waals surface area contributed by atoms with E-state index in [4.69, 9.17) is 4.98 Å². The molecule has 0 bridgehead atoms. The highest BCUT2D eigenvalue weighted by atomic mass is 32.2. The minimum Gasteiger partial charge on any atom is -0.344 e. The minimum absolute atomic E-state index is 0.130. The van der Waals surface area contributed by atoms with Gasteiger partial charge in [0.05, 0.1) is 28.4 Å². The molecule has 0 aliphatic rings. The molecule has 0 saturated heterocycles. The third-order valence-corrected chi connectivity index (χ3v) is 7.23. The molecule has 0 fully saturated rings. The highest BCUT2D eigenvalue weighted by Crippen LogP contribution is 2.27. The van der Waals surface area contributed by atoms with Crippen LogP contribution in [0.15, 0.2) is 112 Å². The number of hydrogen-bond acceptors (Lipinski definition) is 5. The number of nitrogens with one attached hydrogen (secondary N) is 1. The van der Waals surface area contributed by atoms with Crippen LogP contribution in [0.1, 0.15) is 16.5 Å². The molecule has 0 unspecified atom stereocenters. The Kier molecular flexibility index (Phi) is 6.56. The molecule has 0 saturated carbocycles. The smallest absolute Gasteiger partial charge is 0.266 e. The molecule has 2 aromatic heterocycles. The van der Waals surface area contributed by atoms with Crippen molar-refractivity contribution in [3.63, 3.8) is 0 Å². The van der Waals surface area contributed by atoms with Crippen LogP contribution in [0.5, 0.6) is 0 Å². The standard InChI is InChI=1S/C27H21N3O2S2/c31-24(29-25(23-16-9-17-33-23)19-10-3-1-4-11-19)18-34-27-28-22-15-8-7-14-21(22)26(32)30(27)20-12-5-2-6-13-20/h1-17,25H,18H2,(H,29,31)/t25-/m0/s1. The monoisotopic (exact) mass is 483 g/mol. The zero-order valence-corrected chi connectivity index (χ0v) is 19.8. The summed E-state index contributed by atoms with van der Waals surface area (Å²) in [5, 5.41) is 6.18. The first kappa shape index (κ1) is 22.1. The summed E-state index contributed by atoms with van der Waals surface area (Å²) in [6, 6.07) is 30.4. The van der Waals surface area contributed by atoms with Crippen molar-refractivity contribution in [2.24, 2.45) is 0 Å². The van der Waals surface area contributed by atoms with Gasteiger partial charge >= 0.3 is 0 Å². The van der Waals surface area contributed by atoms with Crippen molar-refractivity contribution < 1.29 is 4.79 Å². The largest absolute Gasteiger partial charge is 0.344 e. The van der Waals surface area contributed by atoms with Crippen LogP contribution in [0.25, 0.3) is 16.6 Å². The van der Waals surface area contributed by atoms with Gasteiger partial charge in [-0.15, -0.1) is 11.3 Å². The molecule has 168 valence electrons. The first-order valence-corrected chi connectivity index (χ1v) is 12.6. The zero-order valence-electron chi connectivity index (χ0n) is 18.1. The van der Waals surface area contributed by atoms with E-state index in [2.05, 4.69) is 5.32 Å². The van der Waals surface area contributed by atoms with Gasteiger partial charge in [-0.1, -0.05) is 78.5 Å². The van der Waals surface area contributed by atoms with Crippen molar-refractivity contribution in [3.8, 4) is 5.69 Å². The molecule has 2 heterocycles. The van der Waals surface area contributed by atoms with Gasteiger partial charge in [-0.05, 0) is 41.3 Å². The van der Waals surface area contributed by atoms with Crippen LogP contribution in [0.4, 0.5) is 0 Å². The second kappa shape index (κ2) is 10.1. The molecule has 1 atom stereocenters. The SMILES string of the molecule is O=C(CSc1nc2ccccc2c(=O)n1-c1ccccc1)N[C@@H](c1ccccc1)c1cccs1. The predicted molar refractivity (Wildman–Crippen MR) is 139 cm³/mol. The Labute approximate surface area is 205 Å². The van der Waals surface area contributed by atoms with E-state index in [1.165, 1.54) is 11.8 Å². The third-order valence-electron chi connectivity index (χ3n) is 5.36. The maximum Gasteiger partial charge on any atom is 0.266 e. The molecule has 1 N–H and O–H groups in total. The molecule has 0 radical (unpaired) electrons. The topological polar surface area (TPSA) is 64.0 Å². The van der Waals surface area contributed by atoms with Gasteiger partial charge in [-0.3, -0.25) is 14.2 Å². The average molecular weight is 484 g/mol. The Morgan fingerprint density at radius 1 is 0.912 bits per heavy atom. The molecule has 0 spiro atoms. The molecule has 1 amide bonds. The van der Waals surface area contributed by atoms with Gasteiger partial charge in [-0.2, -0.15) is 0 Å². The van der Waals surface area contributed by atoms with E-state index in [0.717, 1.165) is 16.1 Å². The lowest BCUT2D eigenvalue weighted by Crippen LogP contribution is -2.30. The summed E-state index contributed by atoms with van der Waals surface area (Å²) < 4.78 is 1.58. The Morgan fingerprint density at radius 3 is 2.35 bits per heavy atom. The van der Waals surface area contributed by atoms with E-state index in [9.17, 15) is 9.59 Å². The first-order chi connectivity index (χ1) is 16.7. The fraction of sp³-hybridized carbons (Fsp3) is 0.0741. The van der Waals surface area contributed by atoms with E-state index in [1.54, 1.807) is 22.0 Å². The maximum absolute atomic E-state index is 13.3. The fourth-order valence-electron chi connectivity index (χ4n) is 3.77. The summed E-state index contributed by atoms with van der Waals surface area (Å²) in [5.41, 5.74) is 2.20. The summed E-state index contributed by atoms with van der Waals surface area (Å²) in [4.78, 5) is 32.2. The number of thiophene rings is 1.